The Morgan fingerprint density at radius 1 is 1.59 bits per heavy atom. The van der Waals surface area contributed by atoms with Crippen molar-refractivity contribution in [1.82, 2.24) is 14.5 Å². The fourth-order valence-corrected chi connectivity index (χ4v) is 2.40. The van der Waals surface area contributed by atoms with Crippen molar-refractivity contribution in [1.29, 1.82) is 0 Å². The number of halogens is 1. The number of nitrogens with one attached hydrogen (secondary N) is 1. The van der Waals surface area contributed by atoms with Crippen LogP contribution in [0.15, 0.2) is 21.5 Å². The maximum absolute atomic E-state index is 11.9. The van der Waals surface area contributed by atoms with Gasteiger partial charge in [-0.2, -0.15) is 4.98 Å². The molecule has 0 fully saturated rings. The second-order valence-corrected chi connectivity index (χ2v) is 5.28. The van der Waals surface area contributed by atoms with Gasteiger partial charge in [0, 0.05) is 23.8 Å². The fourth-order valence-electron chi connectivity index (χ4n) is 2.08. The van der Waals surface area contributed by atoms with Crippen molar-refractivity contribution in [2.24, 2.45) is 5.92 Å². The van der Waals surface area contributed by atoms with E-state index in [0.717, 1.165) is 22.4 Å². The van der Waals surface area contributed by atoms with Gasteiger partial charge in [-0.25, -0.2) is 9.78 Å². The number of nitrogens with zero attached hydrogens (tertiary/aromatic N) is 3. The molecule has 17 heavy (non-hydrogen) atoms. The van der Waals surface area contributed by atoms with Crippen molar-refractivity contribution in [2.75, 3.05) is 11.9 Å². The van der Waals surface area contributed by atoms with E-state index in [4.69, 9.17) is 0 Å². The average molecular weight is 295 g/mol. The Morgan fingerprint density at radius 3 is 3.24 bits per heavy atom. The smallest absolute Gasteiger partial charge is 0.349 e. The fraction of sp³-hybridized carbons (Fsp3) is 0.364. The first kappa shape index (κ1) is 10.7. The summed E-state index contributed by atoms with van der Waals surface area (Å²) in [5, 5.41) is 3.26. The van der Waals surface area contributed by atoms with Gasteiger partial charge < -0.3 is 5.32 Å². The van der Waals surface area contributed by atoms with E-state index in [1.807, 2.05) is 6.07 Å². The van der Waals surface area contributed by atoms with Gasteiger partial charge in [-0.15, -0.1) is 0 Å². The normalized spacial score (nSPS) is 18.8. The van der Waals surface area contributed by atoms with Crippen LogP contribution in [-0.2, 0) is 6.54 Å². The number of aromatic nitrogens is 3. The molecule has 0 bridgehead atoms. The molecule has 0 aromatic carbocycles. The van der Waals surface area contributed by atoms with E-state index >= 15 is 0 Å². The van der Waals surface area contributed by atoms with E-state index in [1.54, 1.807) is 10.8 Å². The Labute approximate surface area is 106 Å². The number of rotatable bonds is 0. The number of pyridine rings is 1. The Bertz CT molecular complexity index is 652. The van der Waals surface area contributed by atoms with Gasteiger partial charge >= 0.3 is 5.69 Å². The summed E-state index contributed by atoms with van der Waals surface area (Å²) < 4.78 is 2.49. The van der Waals surface area contributed by atoms with E-state index in [1.165, 1.54) is 0 Å². The first-order valence-corrected chi connectivity index (χ1v) is 6.24. The van der Waals surface area contributed by atoms with Crippen molar-refractivity contribution in [3.63, 3.8) is 0 Å². The third-order valence-corrected chi connectivity index (χ3v) is 3.32. The Kier molecular flexibility index (Phi) is 2.39. The summed E-state index contributed by atoms with van der Waals surface area (Å²) in [6.45, 7) is 3.65. The molecule has 3 heterocycles. The molecule has 0 saturated heterocycles. The Balaban J connectivity index is 2.35. The highest BCUT2D eigenvalue weighted by Gasteiger charge is 2.19. The topological polar surface area (TPSA) is 59.8 Å². The standard InChI is InChI=1S/C11H11BrN4O/c1-6-3-14-10-9-8(2-7(12)4-13-9)15-11(17)16(10)5-6/h2,4,6,14H,3,5H2,1H3. The Hall–Kier alpha value is -1.43. The molecule has 3 rings (SSSR count). The lowest BCUT2D eigenvalue weighted by Gasteiger charge is -2.25. The molecule has 1 N–H and O–H groups in total. The third-order valence-electron chi connectivity index (χ3n) is 2.89. The summed E-state index contributed by atoms with van der Waals surface area (Å²) in [4.78, 5) is 20.3. The second kappa shape index (κ2) is 3.80. The largest absolute Gasteiger partial charge is 0.369 e. The van der Waals surface area contributed by atoms with E-state index < -0.39 is 0 Å². The van der Waals surface area contributed by atoms with E-state index in [9.17, 15) is 4.79 Å². The molecule has 1 unspecified atom stereocenters. The zero-order valence-corrected chi connectivity index (χ0v) is 10.9. The van der Waals surface area contributed by atoms with Gasteiger partial charge in [-0.3, -0.25) is 4.57 Å². The molecule has 0 spiro atoms. The third kappa shape index (κ3) is 1.72. The van der Waals surface area contributed by atoms with Crippen LogP contribution < -0.4 is 11.0 Å². The minimum Gasteiger partial charge on any atom is -0.369 e. The van der Waals surface area contributed by atoms with E-state index in [0.29, 0.717) is 18.0 Å². The Morgan fingerprint density at radius 2 is 2.41 bits per heavy atom. The van der Waals surface area contributed by atoms with Crippen LogP contribution in [0.1, 0.15) is 6.92 Å². The molecule has 0 amide bonds. The summed E-state index contributed by atoms with van der Waals surface area (Å²) in [6.07, 6.45) is 1.72. The highest BCUT2D eigenvalue weighted by molar-refractivity contribution is 9.10. The van der Waals surface area contributed by atoms with Gasteiger partial charge in [-0.05, 0) is 27.9 Å². The second-order valence-electron chi connectivity index (χ2n) is 4.36. The number of hydrogen-bond donors (Lipinski definition) is 1. The van der Waals surface area contributed by atoms with Gasteiger partial charge in [-0.1, -0.05) is 6.92 Å². The molecular weight excluding hydrogens is 284 g/mol. The maximum Gasteiger partial charge on any atom is 0.349 e. The molecule has 0 aliphatic carbocycles. The van der Waals surface area contributed by atoms with Gasteiger partial charge in [0.05, 0.1) is 5.52 Å². The van der Waals surface area contributed by atoms with Crippen molar-refractivity contribution in [3.8, 4) is 0 Å². The quantitative estimate of drug-likeness (QED) is 0.802. The van der Waals surface area contributed by atoms with Crippen molar-refractivity contribution in [3.05, 3.63) is 27.2 Å². The maximum atomic E-state index is 11.9. The van der Waals surface area contributed by atoms with Gasteiger partial charge in [0.15, 0.2) is 0 Å². The van der Waals surface area contributed by atoms with Crippen molar-refractivity contribution < 1.29 is 0 Å². The molecule has 5 nitrogen and oxygen atoms in total. The first-order valence-electron chi connectivity index (χ1n) is 5.45. The minimum absolute atomic E-state index is 0.216. The predicted molar refractivity (Wildman–Crippen MR) is 69.2 cm³/mol. The highest BCUT2D eigenvalue weighted by atomic mass is 79.9. The zero-order chi connectivity index (χ0) is 12.0. The molecule has 1 aliphatic rings. The average Bonchev–Trinajstić information content (AvgIpc) is 2.29. The van der Waals surface area contributed by atoms with Gasteiger partial charge in [0.2, 0.25) is 0 Å². The predicted octanol–water partition coefficient (Wildman–Crippen LogP) is 1.62. The molecule has 1 atom stereocenters. The van der Waals surface area contributed by atoms with Crippen LogP contribution in [0.4, 0.5) is 5.82 Å². The van der Waals surface area contributed by atoms with Gasteiger partial charge in [0.25, 0.3) is 0 Å². The summed E-state index contributed by atoms with van der Waals surface area (Å²) in [7, 11) is 0. The number of anilines is 1. The molecule has 2 aromatic rings. The number of fused-ring (bicyclic) bond motifs is 3. The lowest BCUT2D eigenvalue weighted by atomic mass is 10.1. The van der Waals surface area contributed by atoms with Crippen molar-refractivity contribution in [2.45, 2.75) is 13.5 Å². The summed E-state index contributed by atoms with van der Waals surface area (Å²) >= 11 is 3.33. The summed E-state index contributed by atoms with van der Waals surface area (Å²) in [6, 6.07) is 1.81. The molecule has 0 saturated carbocycles. The molecule has 1 aliphatic heterocycles. The van der Waals surface area contributed by atoms with Crippen LogP contribution in [0, 0.1) is 5.92 Å². The van der Waals surface area contributed by atoms with Crippen LogP contribution in [0.5, 0.6) is 0 Å². The highest BCUT2D eigenvalue weighted by Crippen LogP contribution is 2.24. The van der Waals surface area contributed by atoms with Gasteiger partial charge in [0.1, 0.15) is 11.3 Å². The van der Waals surface area contributed by atoms with Crippen molar-refractivity contribution >= 4 is 32.8 Å². The van der Waals surface area contributed by atoms with Crippen LogP contribution in [-0.4, -0.2) is 21.1 Å². The lowest BCUT2D eigenvalue weighted by Crippen LogP contribution is -2.35. The monoisotopic (exact) mass is 294 g/mol. The molecule has 88 valence electrons. The summed E-state index contributed by atoms with van der Waals surface area (Å²) in [5.41, 5.74) is 1.16. The first-order chi connectivity index (χ1) is 8.15. The molecular formula is C11H11BrN4O. The van der Waals surface area contributed by atoms with Crippen LogP contribution in [0.3, 0.4) is 0 Å². The molecule has 2 aromatic heterocycles. The number of hydrogen-bond acceptors (Lipinski definition) is 4. The summed E-state index contributed by atoms with van der Waals surface area (Å²) in [5.74, 6) is 1.21. The SMILES string of the molecule is CC1CNc2c3ncc(Br)cc3nc(=O)n2C1. The molecule has 6 heteroatoms. The zero-order valence-electron chi connectivity index (χ0n) is 9.27. The molecule has 0 radical (unpaired) electrons. The minimum atomic E-state index is -0.216. The van der Waals surface area contributed by atoms with E-state index in [2.05, 4.69) is 38.1 Å². The van der Waals surface area contributed by atoms with E-state index in [-0.39, 0.29) is 5.69 Å². The van der Waals surface area contributed by atoms with Crippen LogP contribution in [0.25, 0.3) is 11.0 Å². The van der Waals surface area contributed by atoms with Crippen LogP contribution >= 0.6 is 15.9 Å². The lowest BCUT2D eigenvalue weighted by molar-refractivity contribution is 0.464. The van der Waals surface area contributed by atoms with Crippen LogP contribution in [0.2, 0.25) is 0 Å².